The van der Waals surface area contributed by atoms with E-state index in [1.54, 1.807) is 19.1 Å². The van der Waals surface area contributed by atoms with Crippen molar-refractivity contribution in [2.45, 2.75) is 20.4 Å². The fourth-order valence-electron chi connectivity index (χ4n) is 4.63. The van der Waals surface area contributed by atoms with Gasteiger partial charge in [0.2, 0.25) is 0 Å². The summed E-state index contributed by atoms with van der Waals surface area (Å²) in [5, 5.41) is 20.0. The zero-order chi connectivity index (χ0) is 35.5. The molecule has 0 atom stereocenters. The third-order valence-corrected chi connectivity index (χ3v) is 8.33. The van der Waals surface area contributed by atoms with Gasteiger partial charge in [-0.2, -0.15) is 0 Å². The standard InChI is InChI=1S/C21H18FIN2O.C16H15BrF2N2O2/c1-14-11-17(23)8-10-19(14)25-20-12-16(22)7-9-18(20)21(26)24-13-15-5-3-2-4-6-15;1-9-8-10(17)2-5-13(9)21-15-11(16(23)20-6-7-22)3-4-12(18)14(15)19/h2-12,25H,13H2,1H3,(H,24,26);2-5,8,21-22H,6-7H2,1H3,(H,20,23). The number of aliphatic hydroxyl groups excluding tert-OH is 1. The van der Waals surface area contributed by atoms with Gasteiger partial charge in [0.1, 0.15) is 5.82 Å². The van der Waals surface area contributed by atoms with Crippen molar-refractivity contribution in [3.63, 3.8) is 0 Å². The van der Waals surface area contributed by atoms with Crippen LogP contribution in [-0.4, -0.2) is 30.1 Å². The summed E-state index contributed by atoms with van der Waals surface area (Å²) in [5.74, 6) is -3.44. The first kappa shape index (κ1) is 37.4. The number of benzene rings is 5. The van der Waals surface area contributed by atoms with E-state index in [9.17, 15) is 22.8 Å². The van der Waals surface area contributed by atoms with Gasteiger partial charge in [-0.25, -0.2) is 13.2 Å². The number of carbonyl (C=O) groups is 2. The Balaban J connectivity index is 0.000000223. The van der Waals surface area contributed by atoms with Gasteiger partial charge in [-0.3, -0.25) is 9.59 Å². The van der Waals surface area contributed by atoms with E-state index < -0.39 is 23.4 Å². The van der Waals surface area contributed by atoms with Crippen molar-refractivity contribution >= 4 is 73.1 Å². The number of anilines is 4. The Morgan fingerprint density at radius 1 is 0.735 bits per heavy atom. The van der Waals surface area contributed by atoms with Crippen molar-refractivity contribution in [2.75, 3.05) is 23.8 Å². The highest BCUT2D eigenvalue weighted by atomic mass is 127. The smallest absolute Gasteiger partial charge is 0.253 e. The van der Waals surface area contributed by atoms with Crippen molar-refractivity contribution < 1.29 is 27.9 Å². The minimum Gasteiger partial charge on any atom is -0.395 e. The molecule has 0 aliphatic rings. The molecule has 0 aliphatic heterocycles. The summed E-state index contributed by atoms with van der Waals surface area (Å²) in [6.07, 6.45) is 0. The van der Waals surface area contributed by atoms with Crippen LogP contribution in [0.4, 0.5) is 35.9 Å². The quantitative estimate of drug-likeness (QED) is 0.0905. The van der Waals surface area contributed by atoms with Crippen LogP contribution < -0.4 is 21.3 Å². The van der Waals surface area contributed by atoms with E-state index in [1.807, 2.05) is 61.5 Å². The van der Waals surface area contributed by atoms with Crippen LogP contribution in [0.5, 0.6) is 0 Å². The summed E-state index contributed by atoms with van der Waals surface area (Å²) in [4.78, 5) is 24.7. The van der Waals surface area contributed by atoms with Crippen LogP contribution in [-0.2, 0) is 6.54 Å². The van der Waals surface area contributed by atoms with Crippen LogP contribution >= 0.6 is 38.5 Å². The topological polar surface area (TPSA) is 102 Å². The van der Waals surface area contributed by atoms with Gasteiger partial charge < -0.3 is 26.4 Å². The Morgan fingerprint density at radius 3 is 2.08 bits per heavy atom. The van der Waals surface area contributed by atoms with Crippen LogP contribution in [0.25, 0.3) is 0 Å². The maximum Gasteiger partial charge on any atom is 0.253 e. The summed E-state index contributed by atoms with van der Waals surface area (Å²) in [6, 6.07) is 27.0. The Labute approximate surface area is 304 Å². The van der Waals surface area contributed by atoms with Crippen molar-refractivity contribution in [1.29, 1.82) is 0 Å². The van der Waals surface area contributed by atoms with Crippen molar-refractivity contribution in [3.05, 3.63) is 150 Å². The lowest BCUT2D eigenvalue weighted by molar-refractivity contribution is 0.0940. The number of hydrogen-bond donors (Lipinski definition) is 5. The van der Waals surface area contributed by atoms with Gasteiger partial charge >= 0.3 is 0 Å². The molecule has 7 nitrogen and oxygen atoms in total. The van der Waals surface area contributed by atoms with E-state index >= 15 is 0 Å². The number of aliphatic hydroxyl groups is 1. The van der Waals surface area contributed by atoms with Gasteiger partial charge in [0.25, 0.3) is 11.8 Å². The molecule has 5 aromatic rings. The molecule has 0 spiro atoms. The molecular formula is C37H33BrF3IN4O3. The third kappa shape index (κ3) is 10.5. The number of halogens is 5. The molecule has 5 N–H and O–H groups in total. The van der Waals surface area contributed by atoms with E-state index in [4.69, 9.17) is 5.11 Å². The molecule has 0 bridgehead atoms. The van der Waals surface area contributed by atoms with Gasteiger partial charge in [-0.15, -0.1) is 0 Å². The molecule has 254 valence electrons. The molecule has 5 aromatic carbocycles. The van der Waals surface area contributed by atoms with Crippen LogP contribution in [0.1, 0.15) is 37.4 Å². The second kappa shape index (κ2) is 17.8. The molecule has 0 aliphatic carbocycles. The number of hydrogen-bond acceptors (Lipinski definition) is 5. The lowest BCUT2D eigenvalue weighted by Crippen LogP contribution is -2.27. The van der Waals surface area contributed by atoms with E-state index in [-0.39, 0.29) is 30.3 Å². The van der Waals surface area contributed by atoms with Crippen LogP contribution in [0, 0.1) is 34.9 Å². The molecule has 0 fully saturated rings. The normalized spacial score (nSPS) is 10.4. The maximum atomic E-state index is 14.2. The number of amides is 2. The molecule has 12 heteroatoms. The van der Waals surface area contributed by atoms with Crippen molar-refractivity contribution in [3.8, 4) is 0 Å². The van der Waals surface area contributed by atoms with E-state index in [1.165, 1.54) is 24.3 Å². The lowest BCUT2D eigenvalue weighted by atomic mass is 10.1. The van der Waals surface area contributed by atoms with Gasteiger partial charge in [0, 0.05) is 32.5 Å². The largest absolute Gasteiger partial charge is 0.395 e. The predicted molar refractivity (Wildman–Crippen MR) is 199 cm³/mol. The molecule has 0 radical (unpaired) electrons. The zero-order valence-electron chi connectivity index (χ0n) is 26.5. The van der Waals surface area contributed by atoms with Crippen molar-refractivity contribution in [1.82, 2.24) is 10.6 Å². The zero-order valence-corrected chi connectivity index (χ0v) is 30.3. The highest BCUT2D eigenvalue weighted by Gasteiger charge is 2.19. The summed E-state index contributed by atoms with van der Waals surface area (Å²) in [7, 11) is 0. The molecule has 0 saturated heterocycles. The van der Waals surface area contributed by atoms with E-state index in [0.717, 1.165) is 36.5 Å². The van der Waals surface area contributed by atoms with Gasteiger partial charge in [-0.1, -0.05) is 46.3 Å². The van der Waals surface area contributed by atoms with Gasteiger partial charge in [0.15, 0.2) is 11.6 Å². The Kier molecular flexibility index (Phi) is 13.6. The number of aryl methyl sites for hydroxylation is 2. The maximum absolute atomic E-state index is 14.2. The van der Waals surface area contributed by atoms with Gasteiger partial charge in [0.05, 0.1) is 29.1 Å². The summed E-state index contributed by atoms with van der Waals surface area (Å²) < 4.78 is 43.4. The molecule has 2 amide bonds. The first-order valence-corrected chi connectivity index (χ1v) is 16.9. The first-order valence-electron chi connectivity index (χ1n) is 15.0. The second-order valence-corrected chi connectivity index (χ2v) is 13.0. The van der Waals surface area contributed by atoms with Crippen molar-refractivity contribution in [2.24, 2.45) is 0 Å². The molecule has 5 rings (SSSR count). The Morgan fingerprint density at radius 2 is 1.39 bits per heavy atom. The first-order chi connectivity index (χ1) is 23.5. The summed E-state index contributed by atoms with van der Waals surface area (Å²) in [6.45, 7) is 3.96. The highest BCUT2D eigenvalue weighted by Crippen LogP contribution is 2.30. The predicted octanol–water partition coefficient (Wildman–Crippen LogP) is 8.91. The van der Waals surface area contributed by atoms with E-state index in [0.29, 0.717) is 23.5 Å². The minimum absolute atomic E-state index is 0.0224. The summed E-state index contributed by atoms with van der Waals surface area (Å²) in [5.41, 5.74) is 4.78. The fourth-order valence-corrected chi connectivity index (χ4v) is 5.75. The fraction of sp³-hybridized carbons (Fsp3) is 0.135. The monoisotopic (exact) mass is 844 g/mol. The van der Waals surface area contributed by atoms with Gasteiger partial charge in [-0.05, 0) is 120 Å². The summed E-state index contributed by atoms with van der Waals surface area (Å²) >= 11 is 5.56. The highest BCUT2D eigenvalue weighted by molar-refractivity contribution is 14.1. The molecule has 49 heavy (non-hydrogen) atoms. The average Bonchev–Trinajstić information content (AvgIpc) is 3.08. The van der Waals surface area contributed by atoms with E-state index in [2.05, 4.69) is 59.8 Å². The number of rotatable bonds is 10. The molecule has 0 aromatic heterocycles. The number of nitrogens with one attached hydrogen (secondary N) is 4. The van der Waals surface area contributed by atoms with Crippen LogP contribution in [0.15, 0.2) is 102 Å². The lowest BCUT2D eigenvalue weighted by Gasteiger charge is -2.15. The average molecular weight is 845 g/mol. The van der Waals surface area contributed by atoms with Crippen LogP contribution in [0.2, 0.25) is 0 Å². The Hall–Kier alpha value is -4.40. The molecule has 0 heterocycles. The SMILES string of the molecule is Cc1cc(Br)ccc1Nc1c(C(=O)NCCO)ccc(F)c1F.Cc1cc(I)ccc1Nc1cc(F)ccc1C(=O)NCc1ccccc1. The third-order valence-electron chi connectivity index (χ3n) is 7.16. The number of carbonyl (C=O) groups excluding carboxylic acids is 2. The molecule has 0 unspecified atom stereocenters. The molecule has 0 saturated carbocycles. The van der Waals surface area contributed by atoms with Crippen LogP contribution in [0.3, 0.4) is 0 Å². The minimum atomic E-state index is -1.14. The second-order valence-electron chi connectivity index (χ2n) is 10.8. The molecular weight excluding hydrogens is 812 g/mol. The Bertz CT molecular complexity index is 1950.